The van der Waals surface area contributed by atoms with Crippen LogP contribution in [0.2, 0.25) is 5.28 Å². The first-order valence-electron chi connectivity index (χ1n) is 6.31. The fraction of sp³-hybridized carbons (Fsp3) is 0.545. The molecule has 0 bridgehead atoms. The lowest BCUT2D eigenvalue weighted by molar-refractivity contribution is -0.0405. The van der Waals surface area contributed by atoms with E-state index in [1.807, 2.05) is 0 Å². The molecule has 4 unspecified atom stereocenters. The summed E-state index contributed by atoms with van der Waals surface area (Å²) in [6, 6.07) is 0. The molecule has 1 saturated heterocycles. The van der Waals surface area contributed by atoms with E-state index in [0.717, 1.165) is 0 Å². The van der Waals surface area contributed by atoms with Crippen molar-refractivity contribution in [3.63, 3.8) is 0 Å². The summed E-state index contributed by atoms with van der Waals surface area (Å²) in [5.41, 5.74) is 6.34. The molecule has 3 rings (SSSR count). The maximum atomic E-state index is 10.1. The monoisotopic (exact) mass is 315 g/mol. The predicted octanol–water partition coefficient (Wildman–Crippen LogP) is -0.937. The Hall–Kier alpha value is -1.52. The summed E-state index contributed by atoms with van der Waals surface area (Å²) in [7, 11) is 0. The third kappa shape index (κ3) is 2.32. The van der Waals surface area contributed by atoms with Crippen LogP contribution in [-0.2, 0) is 4.74 Å². The van der Waals surface area contributed by atoms with Gasteiger partial charge in [0.25, 0.3) is 0 Å². The summed E-state index contributed by atoms with van der Waals surface area (Å²) in [5.74, 6) is 0.115. The summed E-state index contributed by atoms with van der Waals surface area (Å²) >= 11 is 5.77. The maximum Gasteiger partial charge on any atom is 0.226 e. The normalized spacial score (nSPS) is 29.3. The molecule has 4 atom stereocenters. The molecule has 0 saturated carbocycles. The van der Waals surface area contributed by atoms with Gasteiger partial charge in [-0.2, -0.15) is 9.97 Å². The average Bonchev–Trinajstić information content (AvgIpc) is 2.96. The minimum Gasteiger partial charge on any atom is -0.396 e. The van der Waals surface area contributed by atoms with Gasteiger partial charge in [-0.05, 0) is 18.0 Å². The highest BCUT2D eigenvalue weighted by molar-refractivity contribution is 6.28. The molecule has 21 heavy (non-hydrogen) atoms. The largest absolute Gasteiger partial charge is 0.396 e. The Morgan fingerprint density at radius 2 is 2.10 bits per heavy atom. The van der Waals surface area contributed by atoms with Gasteiger partial charge in [0.15, 0.2) is 17.7 Å². The molecule has 1 fully saturated rings. The smallest absolute Gasteiger partial charge is 0.226 e. The lowest BCUT2D eigenvalue weighted by Crippen LogP contribution is -2.31. The van der Waals surface area contributed by atoms with Crippen LogP contribution in [0.25, 0.3) is 11.2 Å². The molecule has 0 amide bonds. The number of nitrogen functional groups attached to an aromatic ring is 1. The van der Waals surface area contributed by atoms with Crippen molar-refractivity contribution >= 4 is 28.6 Å². The van der Waals surface area contributed by atoms with Crippen LogP contribution in [0.4, 0.5) is 5.82 Å². The first-order chi connectivity index (χ1) is 10.0. The van der Waals surface area contributed by atoms with E-state index >= 15 is 0 Å². The van der Waals surface area contributed by atoms with Crippen molar-refractivity contribution in [2.45, 2.75) is 31.0 Å². The zero-order valence-electron chi connectivity index (χ0n) is 10.8. The van der Waals surface area contributed by atoms with Gasteiger partial charge < -0.3 is 25.8 Å². The molecule has 0 radical (unpaired) electrons. The molecule has 0 aromatic carbocycles. The lowest BCUT2D eigenvalue weighted by atomic mass is 10.1. The zero-order chi connectivity index (χ0) is 15.1. The van der Waals surface area contributed by atoms with Crippen LogP contribution in [0.5, 0.6) is 0 Å². The van der Waals surface area contributed by atoms with Gasteiger partial charge in [-0.25, -0.2) is 4.98 Å². The van der Waals surface area contributed by atoms with E-state index in [2.05, 4.69) is 15.0 Å². The van der Waals surface area contributed by atoms with Crippen molar-refractivity contribution in [1.29, 1.82) is 0 Å². The van der Waals surface area contributed by atoms with Crippen LogP contribution in [-0.4, -0.2) is 59.8 Å². The van der Waals surface area contributed by atoms with Crippen LogP contribution in [0.15, 0.2) is 6.33 Å². The number of imidazole rings is 1. The van der Waals surface area contributed by atoms with Crippen molar-refractivity contribution < 1.29 is 20.1 Å². The van der Waals surface area contributed by atoms with E-state index in [4.69, 9.17) is 27.2 Å². The molecule has 5 N–H and O–H groups in total. The number of halogens is 1. The van der Waals surface area contributed by atoms with Crippen LogP contribution in [0, 0.1) is 0 Å². The second-order valence-electron chi connectivity index (χ2n) is 4.76. The molecule has 2 aromatic rings. The molecule has 9 nitrogen and oxygen atoms in total. The molecule has 1 aliphatic rings. The molecule has 10 heteroatoms. The Balaban J connectivity index is 2.01. The van der Waals surface area contributed by atoms with Crippen molar-refractivity contribution in [2.75, 3.05) is 12.3 Å². The average molecular weight is 316 g/mol. The minimum absolute atomic E-state index is 0.0540. The second kappa shape index (κ2) is 5.35. The number of hydrogen-bond acceptors (Lipinski definition) is 8. The summed E-state index contributed by atoms with van der Waals surface area (Å²) in [4.78, 5) is 11.9. The maximum absolute atomic E-state index is 10.1. The van der Waals surface area contributed by atoms with Crippen molar-refractivity contribution in [1.82, 2.24) is 19.5 Å². The highest BCUT2D eigenvalue weighted by Crippen LogP contribution is 2.33. The second-order valence-corrected chi connectivity index (χ2v) is 5.10. The SMILES string of the molecule is Nc1nc(Cl)nc2c1ncn2C1OC(CCO)C(O)C1O. The molecular formula is C11H14ClN5O4. The van der Waals surface area contributed by atoms with Gasteiger partial charge in [0.1, 0.15) is 17.7 Å². The number of fused-ring (bicyclic) bond motifs is 1. The Kier molecular flexibility index (Phi) is 3.68. The quantitative estimate of drug-likeness (QED) is 0.532. The minimum atomic E-state index is -1.19. The number of aliphatic hydroxyl groups is 3. The van der Waals surface area contributed by atoms with Gasteiger partial charge in [0.05, 0.1) is 12.4 Å². The highest BCUT2D eigenvalue weighted by Gasteiger charge is 2.43. The van der Waals surface area contributed by atoms with Crippen LogP contribution < -0.4 is 5.73 Å². The predicted molar refractivity (Wildman–Crippen MR) is 72.4 cm³/mol. The molecule has 2 aromatic heterocycles. The van der Waals surface area contributed by atoms with E-state index < -0.39 is 24.5 Å². The van der Waals surface area contributed by atoms with Crippen molar-refractivity contribution in [2.24, 2.45) is 0 Å². The number of ether oxygens (including phenoxy) is 1. The van der Waals surface area contributed by atoms with E-state index in [1.165, 1.54) is 10.9 Å². The fourth-order valence-electron chi connectivity index (χ4n) is 2.42. The van der Waals surface area contributed by atoms with E-state index in [-0.39, 0.29) is 24.1 Å². The number of anilines is 1. The number of aromatic nitrogens is 4. The highest BCUT2D eigenvalue weighted by atomic mass is 35.5. The first kappa shape index (κ1) is 14.4. The van der Waals surface area contributed by atoms with E-state index in [0.29, 0.717) is 11.2 Å². The van der Waals surface area contributed by atoms with Crippen molar-refractivity contribution in [3.8, 4) is 0 Å². The van der Waals surface area contributed by atoms with E-state index in [9.17, 15) is 10.2 Å². The van der Waals surface area contributed by atoms with Crippen LogP contribution >= 0.6 is 11.6 Å². The molecule has 3 heterocycles. The lowest BCUT2D eigenvalue weighted by Gasteiger charge is -2.16. The van der Waals surface area contributed by atoms with E-state index in [1.54, 1.807) is 0 Å². The number of nitrogens with two attached hydrogens (primary N) is 1. The Bertz CT molecular complexity index is 665. The fourth-order valence-corrected chi connectivity index (χ4v) is 2.59. The van der Waals surface area contributed by atoms with Gasteiger partial charge in [0, 0.05) is 6.61 Å². The summed E-state index contributed by atoms with van der Waals surface area (Å²) < 4.78 is 7.01. The molecular weight excluding hydrogens is 302 g/mol. The van der Waals surface area contributed by atoms with Gasteiger partial charge in [0.2, 0.25) is 5.28 Å². The number of aliphatic hydroxyl groups excluding tert-OH is 3. The number of rotatable bonds is 3. The van der Waals surface area contributed by atoms with Gasteiger partial charge in [-0.15, -0.1) is 0 Å². The third-order valence-corrected chi connectivity index (χ3v) is 3.62. The first-order valence-corrected chi connectivity index (χ1v) is 6.68. The molecule has 114 valence electrons. The Labute approximate surface area is 124 Å². The Morgan fingerprint density at radius 3 is 2.81 bits per heavy atom. The van der Waals surface area contributed by atoms with Crippen molar-refractivity contribution in [3.05, 3.63) is 11.6 Å². The summed E-state index contributed by atoms with van der Waals surface area (Å²) in [6.45, 7) is -0.160. The number of nitrogens with zero attached hydrogens (tertiary/aromatic N) is 4. The Morgan fingerprint density at radius 1 is 1.33 bits per heavy atom. The topological polar surface area (TPSA) is 140 Å². The van der Waals surface area contributed by atoms with Gasteiger partial charge in [-0.3, -0.25) is 4.57 Å². The molecule has 0 spiro atoms. The van der Waals surface area contributed by atoms with Crippen LogP contribution in [0.3, 0.4) is 0 Å². The number of hydrogen-bond donors (Lipinski definition) is 4. The summed E-state index contributed by atoms with van der Waals surface area (Å²) in [6.07, 6.45) is -2.29. The molecule has 0 aliphatic carbocycles. The van der Waals surface area contributed by atoms with Gasteiger partial charge in [-0.1, -0.05) is 0 Å². The standard InChI is InChI=1S/C11H14ClN5O4/c12-11-15-8(13)5-9(16-11)17(3-14-5)10-7(20)6(19)4(21-10)1-2-18/h3-4,6-7,10,18-20H,1-2H2,(H2,13,15,16). The molecule has 1 aliphatic heterocycles. The van der Waals surface area contributed by atoms with Gasteiger partial charge >= 0.3 is 0 Å². The summed E-state index contributed by atoms with van der Waals surface area (Å²) in [5, 5.41) is 28.9. The zero-order valence-corrected chi connectivity index (χ0v) is 11.6. The van der Waals surface area contributed by atoms with Crippen LogP contribution in [0.1, 0.15) is 12.6 Å². The third-order valence-electron chi connectivity index (χ3n) is 3.45.